The molecule has 5 N–H and O–H groups in total. The lowest BCUT2D eigenvalue weighted by atomic mass is 10.2. The number of nitrogens with zero attached hydrogens (tertiary/aromatic N) is 3. The summed E-state index contributed by atoms with van der Waals surface area (Å²) in [5, 5.41) is 18.1. The summed E-state index contributed by atoms with van der Waals surface area (Å²) in [4.78, 5) is 21.7. The number of aliphatic hydroxyl groups excluding tert-OH is 1. The Hall–Kier alpha value is -4.30. The molecule has 210 valence electrons. The Labute approximate surface area is 233 Å². The Bertz CT molecular complexity index is 1500. The van der Waals surface area contributed by atoms with Crippen LogP contribution >= 0.6 is 0 Å². The summed E-state index contributed by atoms with van der Waals surface area (Å²) < 4.78 is 35.0. The van der Waals surface area contributed by atoms with Crippen molar-refractivity contribution in [3.8, 4) is 11.5 Å². The van der Waals surface area contributed by atoms with Crippen molar-refractivity contribution in [3.63, 3.8) is 0 Å². The van der Waals surface area contributed by atoms with Crippen LogP contribution in [0.1, 0.15) is 6.92 Å². The standard InChI is InChI=1S/C27H30N6O6S/c1-17(34)15-28-16-25(35)29-18-7-6-8-20(11-18)33(40(36)37)27-26(31-23-9-4-5-10-24(23)32-27)30-19-12-21(38-2)14-22(13-19)39-3/h4-14,17,28,34H,15-16H2,1-3H3,(H,29,35)(H,30,31)(H,36,37). The minimum absolute atomic E-state index is 0.0149. The van der Waals surface area contributed by atoms with E-state index in [4.69, 9.17) is 9.47 Å². The van der Waals surface area contributed by atoms with Crippen molar-refractivity contribution in [1.29, 1.82) is 0 Å². The molecule has 40 heavy (non-hydrogen) atoms. The van der Waals surface area contributed by atoms with Gasteiger partial charge in [-0.3, -0.25) is 9.35 Å². The molecule has 0 aliphatic carbocycles. The van der Waals surface area contributed by atoms with Gasteiger partial charge in [0.15, 0.2) is 11.6 Å². The molecule has 1 heterocycles. The fourth-order valence-corrected chi connectivity index (χ4v) is 4.40. The van der Waals surface area contributed by atoms with E-state index in [1.165, 1.54) is 14.2 Å². The van der Waals surface area contributed by atoms with Gasteiger partial charge in [-0.2, -0.15) is 0 Å². The van der Waals surface area contributed by atoms with Crippen molar-refractivity contribution in [1.82, 2.24) is 15.3 Å². The number of fused-ring (bicyclic) bond motifs is 1. The van der Waals surface area contributed by atoms with Crippen LogP contribution < -0.4 is 29.7 Å². The average molecular weight is 567 g/mol. The van der Waals surface area contributed by atoms with Crippen LogP contribution in [-0.4, -0.2) is 63.2 Å². The monoisotopic (exact) mass is 566 g/mol. The number of ether oxygens (including phenoxy) is 2. The molecule has 1 amide bonds. The minimum Gasteiger partial charge on any atom is -0.497 e. The summed E-state index contributed by atoms with van der Waals surface area (Å²) in [5.41, 5.74) is 2.31. The molecule has 0 aliphatic heterocycles. The Morgan fingerprint density at radius 2 is 1.65 bits per heavy atom. The van der Waals surface area contributed by atoms with E-state index in [2.05, 4.69) is 25.9 Å². The molecule has 0 radical (unpaired) electrons. The van der Waals surface area contributed by atoms with Gasteiger partial charge in [0.05, 0.1) is 43.6 Å². The van der Waals surface area contributed by atoms with Crippen LogP contribution in [0.25, 0.3) is 11.0 Å². The fraction of sp³-hybridized carbons (Fsp3) is 0.222. The molecule has 0 aliphatic rings. The number of hydrogen-bond acceptors (Lipinski definition) is 9. The van der Waals surface area contributed by atoms with Crippen molar-refractivity contribution in [2.75, 3.05) is 42.2 Å². The molecular formula is C27H30N6O6S. The van der Waals surface area contributed by atoms with Crippen LogP contribution in [0.3, 0.4) is 0 Å². The highest BCUT2D eigenvalue weighted by atomic mass is 32.2. The van der Waals surface area contributed by atoms with Gasteiger partial charge >= 0.3 is 0 Å². The normalized spacial score (nSPS) is 12.4. The number of para-hydroxylation sites is 2. The molecule has 0 spiro atoms. The van der Waals surface area contributed by atoms with E-state index in [1.54, 1.807) is 67.6 Å². The third kappa shape index (κ3) is 7.21. The summed E-state index contributed by atoms with van der Waals surface area (Å²) in [6, 6.07) is 18.8. The highest BCUT2D eigenvalue weighted by Crippen LogP contribution is 2.36. The summed E-state index contributed by atoms with van der Waals surface area (Å²) in [6.07, 6.45) is -0.590. The van der Waals surface area contributed by atoms with Gasteiger partial charge in [0.25, 0.3) is 11.3 Å². The van der Waals surface area contributed by atoms with E-state index in [1.807, 2.05) is 6.07 Å². The zero-order valence-corrected chi connectivity index (χ0v) is 22.9. The van der Waals surface area contributed by atoms with E-state index >= 15 is 0 Å². The highest BCUT2D eigenvalue weighted by molar-refractivity contribution is 7.81. The number of rotatable bonds is 12. The van der Waals surface area contributed by atoms with Crippen LogP contribution in [0, 0.1) is 0 Å². The molecule has 0 fully saturated rings. The summed E-state index contributed by atoms with van der Waals surface area (Å²) in [5.74, 6) is 1.00. The predicted molar refractivity (Wildman–Crippen MR) is 155 cm³/mol. The number of anilines is 5. The molecule has 4 rings (SSSR count). The highest BCUT2D eigenvalue weighted by Gasteiger charge is 2.23. The van der Waals surface area contributed by atoms with Gasteiger partial charge in [0.2, 0.25) is 5.91 Å². The molecular weight excluding hydrogens is 536 g/mol. The van der Waals surface area contributed by atoms with Crippen LogP contribution in [0.15, 0.2) is 66.7 Å². The first-order chi connectivity index (χ1) is 19.3. The van der Waals surface area contributed by atoms with Gasteiger partial charge in [0.1, 0.15) is 11.5 Å². The Morgan fingerprint density at radius 1 is 0.975 bits per heavy atom. The second-order valence-corrected chi connectivity index (χ2v) is 9.54. The Kier molecular flexibility index (Phi) is 9.45. The van der Waals surface area contributed by atoms with Crippen molar-refractivity contribution in [3.05, 3.63) is 66.7 Å². The van der Waals surface area contributed by atoms with Crippen molar-refractivity contribution in [2.45, 2.75) is 13.0 Å². The topological polar surface area (TPSA) is 158 Å². The first kappa shape index (κ1) is 28.7. The second kappa shape index (κ2) is 13.2. The zero-order chi connectivity index (χ0) is 28.6. The largest absolute Gasteiger partial charge is 0.497 e. The first-order valence-electron chi connectivity index (χ1n) is 12.2. The Morgan fingerprint density at radius 3 is 2.27 bits per heavy atom. The molecule has 0 bridgehead atoms. The van der Waals surface area contributed by atoms with Crippen molar-refractivity contribution in [2.24, 2.45) is 0 Å². The summed E-state index contributed by atoms with van der Waals surface area (Å²) in [7, 11) is 3.07. The molecule has 4 aromatic rings. The SMILES string of the molecule is COc1cc(Nc2nc3ccccc3nc2N(c2cccc(NC(=O)CNCC(C)O)c2)S(=O)O)cc(OC)c1. The van der Waals surface area contributed by atoms with Crippen LogP contribution in [-0.2, 0) is 16.1 Å². The van der Waals surface area contributed by atoms with Gasteiger partial charge in [-0.05, 0) is 37.3 Å². The number of hydrogen-bond donors (Lipinski definition) is 5. The first-order valence-corrected chi connectivity index (χ1v) is 13.3. The number of aromatic nitrogens is 2. The molecule has 0 saturated carbocycles. The van der Waals surface area contributed by atoms with Gasteiger partial charge in [-0.1, -0.05) is 18.2 Å². The molecule has 13 heteroatoms. The maximum atomic E-state index is 12.8. The van der Waals surface area contributed by atoms with Crippen LogP contribution in [0.5, 0.6) is 11.5 Å². The van der Waals surface area contributed by atoms with Gasteiger partial charge < -0.3 is 30.5 Å². The smallest absolute Gasteiger partial charge is 0.268 e. The molecule has 2 atom stereocenters. The van der Waals surface area contributed by atoms with E-state index < -0.39 is 17.4 Å². The van der Waals surface area contributed by atoms with E-state index in [9.17, 15) is 18.7 Å². The lowest BCUT2D eigenvalue weighted by Crippen LogP contribution is -2.32. The Balaban J connectivity index is 1.73. The molecule has 12 nitrogen and oxygen atoms in total. The average Bonchev–Trinajstić information content (AvgIpc) is 2.93. The summed E-state index contributed by atoms with van der Waals surface area (Å²) in [6.45, 7) is 1.86. The quantitative estimate of drug-likeness (QED) is 0.161. The number of aliphatic hydroxyl groups is 1. The lowest BCUT2D eigenvalue weighted by Gasteiger charge is -2.23. The van der Waals surface area contributed by atoms with Gasteiger partial charge in [-0.15, -0.1) is 0 Å². The maximum absolute atomic E-state index is 12.8. The fourth-order valence-electron chi connectivity index (χ4n) is 3.83. The maximum Gasteiger partial charge on any atom is 0.268 e. The second-order valence-electron chi connectivity index (χ2n) is 8.71. The van der Waals surface area contributed by atoms with E-state index in [0.717, 1.165) is 4.31 Å². The van der Waals surface area contributed by atoms with Crippen LogP contribution in [0.2, 0.25) is 0 Å². The predicted octanol–water partition coefficient (Wildman–Crippen LogP) is 3.57. The number of carbonyl (C=O) groups excluding carboxylic acids is 1. The number of benzene rings is 3. The summed E-state index contributed by atoms with van der Waals surface area (Å²) >= 11 is -2.57. The third-order valence-electron chi connectivity index (χ3n) is 5.60. The zero-order valence-electron chi connectivity index (χ0n) is 22.1. The number of nitrogens with one attached hydrogen (secondary N) is 3. The van der Waals surface area contributed by atoms with Gasteiger partial charge in [0, 0.05) is 36.1 Å². The number of methoxy groups -OCH3 is 2. The van der Waals surface area contributed by atoms with Crippen molar-refractivity contribution < 1.29 is 28.1 Å². The van der Waals surface area contributed by atoms with E-state index in [-0.39, 0.29) is 36.3 Å². The number of carbonyl (C=O) groups is 1. The lowest BCUT2D eigenvalue weighted by molar-refractivity contribution is -0.115. The minimum atomic E-state index is -2.57. The number of amides is 1. The molecule has 1 aromatic heterocycles. The van der Waals surface area contributed by atoms with E-state index in [0.29, 0.717) is 33.9 Å². The van der Waals surface area contributed by atoms with Crippen molar-refractivity contribution >= 4 is 56.9 Å². The third-order valence-corrected chi connectivity index (χ3v) is 6.30. The molecule has 3 aromatic carbocycles. The molecule has 2 unspecified atom stereocenters. The van der Waals surface area contributed by atoms with Gasteiger partial charge in [-0.25, -0.2) is 18.5 Å². The molecule has 0 saturated heterocycles. The van der Waals surface area contributed by atoms with Crippen LogP contribution in [0.4, 0.5) is 28.7 Å².